The van der Waals surface area contributed by atoms with Gasteiger partial charge in [0.25, 0.3) is 0 Å². The predicted octanol–water partition coefficient (Wildman–Crippen LogP) is 11.2. The second kappa shape index (κ2) is 10.8. The number of hydrogen-bond acceptors (Lipinski definition) is 3. The molecule has 0 saturated heterocycles. The first kappa shape index (κ1) is 26.2. The van der Waals surface area contributed by atoms with Gasteiger partial charge in [-0.05, 0) is 55.4 Å². The Labute approximate surface area is 266 Å². The summed E-state index contributed by atoms with van der Waals surface area (Å²) in [6.07, 6.45) is 3.86. The summed E-state index contributed by atoms with van der Waals surface area (Å²) in [5, 5.41) is 9.43. The smallest absolute Gasteiger partial charge is 0.161 e. The molecule has 0 bridgehead atoms. The molecule has 2 heterocycles. The summed E-state index contributed by atoms with van der Waals surface area (Å²) in [4.78, 5) is 15.1. The molecule has 0 unspecified atom stereocenters. The van der Waals surface area contributed by atoms with Crippen LogP contribution in [0.5, 0.6) is 0 Å². The van der Waals surface area contributed by atoms with Gasteiger partial charge in [0, 0.05) is 40.0 Å². The van der Waals surface area contributed by atoms with E-state index < -0.39 is 0 Å². The first-order valence-corrected chi connectivity index (χ1v) is 15.5. The zero-order valence-corrected chi connectivity index (χ0v) is 24.9. The van der Waals surface area contributed by atoms with E-state index in [9.17, 15) is 0 Å². The number of rotatable bonds is 4. The average molecular weight is 586 g/mol. The van der Waals surface area contributed by atoms with Crippen LogP contribution in [0, 0.1) is 0 Å². The van der Waals surface area contributed by atoms with Gasteiger partial charge in [-0.15, -0.1) is 0 Å². The van der Waals surface area contributed by atoms with E-state index in [1.807, 2.05) is 18.5 Å². The van der Waals surface area contributed by atoms with E-state index in [-0.39, 0.29) is 0 Å². The first-order valence-electron chi connectivity index (χ1n) is 15.5. The number of pyridine rings is 1. The molecular weight excluding hydrogens is 558 g/mol. The summed E-state index contributed by atoms with van der Waals surface area (Å²) in [6, 6.07) is 53.4. The Morgan fingerprint density at radius 2 is 0.957 bits per heavy atom. The fourth-order valence-corrected chi connectivity index (χ4v) is 6.69. The number of nitrogens with zero attached hydrogens (tertiary/aromatic N) is 3. The van der Waals surface area contributed by atoms with Gasteiger partial charge in [0.1, 0.15) is 0 Å². The molecule has 0 atom stereocenters. The quantitative estimate of drug-likeness (QED) is 0.152. The topological polar surface area (TPSA) is 38.7 Å². The lowest BCUT2D eigenvalue weighted by molar-refractivity contribution is 1.19. The molecule has 214 valence electrons. The van der Waals surface area contributed by atoms with E-state index in [2.05, 4.69) is 151 Å². The van der Waals surface area contributed by atoms with E-state index in [4.69, 9.17) is 9.97 Å². The molecule has 9 rings (SSSR count). The Bertz CT molecular complexity index is 2570. The molecule has 0 radical (unpaired) electrons. The monoisotopic (exact) mass is 585 g/mol. The van der Waals surface area contributed by atoms with Crippen molar-refractivity contribution >= 4 is 43.1 Å². The minimum atomic E-state index is 0.718. The molecule has 0 spiro atoms. The molecular formula is C43H27N3. The molecule has 0 aliphatic carbocycles. The Morgan fingerprint density at radius 1 is 0.348 bits per heavy atom. The van der Waals surface area contributed by atoms with Gasteiger partial charge >= 0.3 is 0 Å². The summed E-state index contributed by atoms with van der Waals surface area (Å²) in [5.41, 5.74) is 7.16. The van der Waals surface area contributed by atoms with E-state index in [0.29, 0.717) is 0 Å². The lowest BCUT2D eigenvalue weighted by Crippen LogP contribution is -1.98. The third kappa shape index (κ3) is 4.41. The molecule has 3 heteroatoms. The van der Waals surface area contributed by atoms with Crippen LogP contribution < -0.4 is 0 Å². The fourth-order valence-electron chi connectivity index (χ4n) is 6.69. The third-order valence-corrected chi connectivity index (χ3v) is 8.95. The summed E-state index contributed by atoms with van der Waals surface area (Å²) >= 11 is 0. The number of fused-ring (bicyclic) bond motifs is 5. The van der Waals surface area contributed by atoms with Crippen LogP contribution in [0.15, 0.2) is 164 Å². The Kier molecular flexibility index (Phi) is 6.14. The summed E-state index contributed by atoms with van der Waals surface area (Å²) in [5.74, 6) is 0.718. The summed E-state index contributed by atoms with van der Waals surface area (Å²) < 4.78 is 0. The third-order valence-electron chi connectivity index (χ3n) is 8.95. The molecule has 0 aliphatic rings. The maximum Gasteiger partial charge on any atom is 0.161 e. The average Bonchev–Trinajstić information content (AvgIpc) is 3.14. The molecule has 0 saturated carbocycles. The molecule has 0 amide bonds. The van der Waals surface area contributed by atoms with Gasteiger partial charge < -0.3 is 0 Å². The highest BCUT2D eigenvalue weighted by Gasteiger charge is 2.17. The van der Waals surface area contributed by atoms with Gasteiger partial charge in [0.15, 0.2) is 5.82 Å². The van der Waals surface area contributed by atoms with Crippen molar-refractivity contribution in [2.24, 2.45) is 0 Å². The highest BCUT2D eigenvalue weighted by molar-refractivity contribution is 6.19. The van der Waals surface area contributed by atoms with Crippen LogP contribution in [0.25, 0.3) is 88.1 Å². The van der Waals surface area contributed by atoms with Crippen molar-refractivity contribution in [1.29, 1.82) is 0 Å². The molecule has 0 N–H and O–H groups in total. The molecule has 7 aromatic carbocycles. The van der Waals surface area contributed by atoms with Crippen molar-refractivity contribution in [3.8, 4) is 45.0 Å². The van der Waals surface area contributed by atoms with Crippen LogP contribution in [-0.4, -0.2) is 15.0 Å². The minimum absolute atomic E-state index is 0.718. The van der Waals surface area contributed by atoms with Crippen LogP contribution in [0.4, 0.5) is 0 Å². The standard InChI is InChI=1S/C43H27N3/c1-2-11-30(12-3-1)40-25-41(31-20-18-29(19-21-31)39-27-44-26-33-14-6-8-16-35(33)39)46-43(45-40)42-36-17-9-5-13-32(36)24-38-34-15-7-4-10-28(34)22-23-37(38)42/h1-27H. The van der Waals surface area contributed by atoms with Crippen molar-refractivity contribution in [2.75, 3.05) is 0 Å². The fraction of sp³-hybridized carbons (Fsp3) is 0. The molecule has 9 aromatic rings. The van der Waals surface area contributed by atoms with Gasteiger partial charge in [-0.25, -0.2) is 9.97 Å². The normalized spacial score (nSPS) is 11.5. The minimum Gasteiger partial charge on any atom is -0.263 e. The van der Waals surface area contributed by atoms with Gasteiger partial charge in [-0.2, -0.15) is 0 Å². The van der Waals surface area contributed by atoms with Crippen molar-refractivity contribution in [2.45, 2.75) is 0 Å². The molecule has 3 nitrogen and oxygen atoms in total. The Morgan fingerprint density at radius 3 is 1.74 bits per heavy atom. The van der Waals surface area contributed by atoms with Gasteiger partial charge in [0.05, 0.1) is 11.4 Å². The van der Waals surface area contributed by atoms with Crippen LogP contribution in [0.1, 0.15) is 0 Å². The summed E-state index contributed by atoms with van der Waals surface area (Å²) in [7, 11) is 0. The molecule has 0 fully saturated rings. The second-order valence-corrected chi connectivity index (χ2v) is 11.7. The lowest BCUT2D eigenvalue weighted by atomic mass is 9.92. The van der Waals surface area contributed by atoms with Gasteiger partial charge in [0.2, 0.25) is 0 Å². The maximum absolute atomic E-state index is 5.31. The first-order chi connectivity index (χ1) is 22.8. The highest BCUT2D eigenvalue weighted by atomic mass is 14.9. The predicted molar refractivity (Wildman–Crippen MR) is 192 cm³/mol. The van der Waals surface area contributed by atoms with Crippen LogP contribution in [0.3, 0.4) is 0 Å². The van der Waals surface area contributed by atoms with Crippen LogP contribution in [-0.2, 0) is 0 Å². The largest absolute Gasteiger partial charge is 0.263 e. The molecule has 0 aliphatic heterocycles. The van der Waals surface area contributed by atoms with Gasteiger partial charge in [-0.1, -0.05) is 140 Å². The van der Waals surface area contributed by atoms with Gasteiger partial charge in [-0.3, -0.25) is 4.98 Å². The van der Waals surface area contributed by atoms with Crippen molar-refractivity contribution in [1.82, 2.24) is 15.0 Å². The zero-order valence-electron chi connectivity index (χ0n) is 24.9. The maximum atomic E-state index is 5.31. The van der Waals surface area contributed by atoms with E-state index in [1.165, 1.54) is 26.9 Å². The van der Waals surface area contributed by atoms with E-state index >= 15 is 0 Å². The van der Waals surface area contributed by atoms with E-state index in [1.54, 1.807) is 0 Å². The highest BCUT2D eigenvalue weighted by Crippen LogP contribution is 2.39. The van der Waals surface area contributed by atoms with Crippen LogP contribution in [0.2, 0.25) is 0 Å². The summed E-state index contributed by atoms with van der Waals surface area (Å²) in [6.45, 7) is 0. The van der Waals surface area contributed by atoms with Crippen molar-refractivity contribution < 1.29 is 0 Å². The second-order valence-electron chi connectivity index (χ2n) is 11.7. The van der Waals surface area contributed by atoms with Crippen molar-refractivity contribution in [3.63, 3.8) is 0 Å². The lowest BCUT2D eigenvalue weighted by Gasteiger charge is -2.15. The van der Waals surface area contributed by atoms with Crippen LogP contribution >= 0.6 is 0 Å². The Hall–Kier alpha value is -6.19. The number of benzene rings is 7. The molecule has 2 aromatic heterocycles. The number of hydrogen-bond donors (Lipinski definition) is 0. The van der Waals surface area contributed by atoms with E-state index in [0.717, 1.165) is 61.2 Å². The van der Waals surface area contributed by atoms with Crippen molar-refractivity contribution in [3.05, 3.63) is 164 Å². The SMILES string of the molecule is c1ccc(-c2cc(-c3ccc(-c4cncc5ccccc45)cc3)nc(-c3c4ccccc4cc4c3ccc3ccccc34)n2)cc1. The molecule has 46 heavy (non-hydrogen) atoms. The zero-order chi connectivity index (χ0) is 30.5. The Balaban J connectivity index is 1.28. The number of aromatic nitrogens is 3.